The van der Waals surface area contributed by atoms with Crippen LogP contribution in [0.15, 0.2) is 11.3 Å². The first kappa shape index (κ1) is 22.1. The van der Waals surface area contributed by atoms with Gasteiger partial charge in [-0.1, -0.05) is 12.2 Å². The van der Waals surface area contributed by atoms with E-state index in [-0.39, 0.29) is 35.0 Å². The Kier molecular flexibility index (Phi) is 7.01. The molecule has 2 aliphatic heterocycles. The van der Waals surface area contributed by atoms with Crippen molar-refractivity contribution in [2.75, 3.05) is 19.4 Å². The Morgan fingerprint density at radius 3 is 2.46 bits per heavy atom. The summed E-state index contributed by atoms with van der Waals surface area (Å²) >= 11 is 6.43. The van der Waals surface area contributed by atoms with Gasteiger partial charge in [-0.05, 0) is 6.92 Å². The smallest absolute Gasteiger partial charge is 0.352 e. The molecule has 28 heavy (non-hydrogen) atoms. The van der Waals surface area contributed by atoms with E-state index in [9.17, 15) is 24.3 Å². The third kappa shape index (κ3) is 4.28. The van der Waals surface area contributed by atoms with Crippen molar-refractivity contribution in [2.24, 2.45) is 0 Å². The molecular weight excluding hydrogens is 412 g/mol. The summed E-state index contributed by atoms with van der Waals surface area (Å²) in [7, 11) is 1.37. The van der Waals surface area contributed by atoms with Crippen molar-refractivity contribution in [1.82, 2.24) is 9.80 Å². The zero-order chi connectivity index (χ0) is 21.2. The number of fused-ring (bicyclic) bond motifs is 1. The van der Waals surface area contributed by atoms with Gasteiger partial charge in [0.15, 0.2) is 6.10 Å². The van der Waals surface area contributed by atoms with Crippen molar-refractivity contribution >= 4 is 52.8 Å². The molecule has 3 atom stereocenters. The Balaban J connectivity index is 2.50. The predicted molar refractivity (Wildman–Crippen MR) is 101 cm³/mol. The van der Waals surface area contributed by atoms with Crippen LogP contribution in [-0.4, -0.2) is 85.9 Å². The van der Waals surface area contributed by atoms with Crippen LogP contribution in [-0.2, 0) is 28.7 Å². The molecule has 2 N–H and O–H groups in total. The van der Waals surface area contributed by atoms with Crippen LogP contribution >= 0.6 is 24.0 Å². The topological polar surface area (TPSA) is 134 Å². The average Bonchev–Trinajstić information content (AvgIpc) is 2.59. The van der Waals surface area contributed by atoms with Gasteiger partial charge in [0, 0.05) is 31.9 Å². The highest BCUT2D eigenvalue weighted by Crippen LogP contribution is 2.43. The first-order valence-corrected chi connectivity index (χ1v) is 9.65. The van der Waals surface area contributed by atoms with Gasteiger partial charge in [0.25, 0.3) is 5.91 Å². The number of rotatable bonds is 8. The molecule has 154 valence electrons. The zero-order valence-electron chi connectivity index (χ0n) is 15.4. The summed E-state index contributed by atoms with van der Waals surface area (Å²) in [6, 6.07) is 0. The minimum Gasteiger partial charge on any atom is -0.481 e. The van der Waals surface area contributed by atoms with Crippen LogP contribution in [0.4, 0.5) is 0 Å². The number of nitrogens with zero attached hydrogens (tertiary/aromatic N) is 2. The summed E-state index contributed by atoms with van der Waals surface area (Å²) in [5, 5.41) is 18.2. The lowest BCUT2D eigenvalue weighted by Gasteiger charge is -2.49. The van der Waals surface area contributed by atoms with E-state index in [1.807, 2.05) is 0 Å². The predicted octanol–water partition coefficient (Wildman–Crippen LogP) is 0.268. The Morgan fingerprint density at radius 1 is 1.36 bits per heavy atom. The molecule has 1 saturated heterocycles. The Morgan fingerprint density at radius 2 is 2.00 bits per heavy atom. The number of amides is 1. The van der Waals surface area contributed by atoms with Crippen LogP contribution in [0.25, 0.3) is 0 Å². The Hall–Kier alpha value is -2.18. The summed E-state index contributed by atoms with van der Waals surface area (Å²) in [5.41, 5.74) is -0.147. The van der Waals surface area contributed by atoms with Crippen molar-refractivity contribution in [2.45, 2.75) is 38.0 Å². The number of carbonyl (C=O) groups excluding carboxylic acids is 2. The van der Waals surface area contributed by atoms with Gasteiger partial charge >= 0.3 is 17.9 Å². The highest BCUT2D eigenvalue weighted by molar-refractivity contribution is 8.00. The molecule has 0 aromatic heterocycles. The average molecular weight is 432 g/mol. The van der Waals surface area contributed by atoms with Gasteiger partial charge in [-0.25, -0.2) is 4.79 Å². The molecule has 0 saturated carbocycles. The highest BCUT2D eigenvalue weighted by Gasteiger charge is 2.55. The van der Waals surface area contributed by atoms with Crippen LogP contribution in [0, 0.1) is 0 Å². The molecule has 2 rings (SSSR count). The van der Waals surface area contributed by atoms with Crippen LogP contribution in [0.3, 0.4) is 0 Å². The lowest BCUT2D eigenvalue weighted by atomic mass is 10.0. The molecule has 0 spiro atoms. The molecule has 10 nitrogen and oxygen atoms in total. The lowest BCUT2D eigenvalue weighted by molar-refractivity contribution is -0.162. The number of thiocarbonyl (C=S) groups is 1. The summed E-state index contributed by atoms with van der Waals surface area (Å²) in [6.45, 7) is 2.57. The molecule has 2 aliphatic rings. The third-order valence-corrected chi connectivity index (χ3v) is 5.75. The molecule has 0 radical (unpaired) electrons. The van der Waals surface area contributed by atoms with Crippen LogP contribution in [0.2, 0.25) is 0 Å². The van der Waals surface area contributed by atoms with E-state index < -0.39 is 41.5 Å². The van der Waals surface area contributed by atoms with E-state index in [1.54, 1.807) is 0 Å². The lowest BCUT2D eigenvalue weighted by Crippen LogP contribution is -2.66. The number of methoxy groups -OCH3 is 1. The van der Waals surface area contributed by atoms with Crippen molar-refractivity contribution < 1.29 is 38.9 Å². The fraction of sp³-hybridized carbons (Fsp3) is 0.562. The maximum absolute atomic E-state index is 12.3. The summed E-state index contributed by atoms with van der Waals surface area (Å²) < 4.78 is 10.4. The minimum atomic E-state index is -1.36. The monoisotopic (exact) mass is 432 g/mol. The summed E-state index contributed by atoms with van der Waals surface area (Å²) in [6.07, 6.45) is -2.28. The van der Waals surface area contributed by atoms with Gasteiger partial charge in [0.05, 0.1) is 11.4 Å². The van der Waals surface area contributed by atoms with E-state index in [2.05, 4.69) is 0 Å². The second-order valence-electron chi connectivity index (χ2n) is 6.06. The molecule has 1 amide bonds. The fourth-order valence-electron chi connectivity index (χ4n) is 3.02. The number of ether oxygens (including phenoxy) is 2. The molecule has 0 aromatic carbocycles. The van der Waals surface area contributed by atoms with Crippen molar-refractivity contribution in [3.8, 4) is 0 Å². The number of β-lactam (4-membered cyclic amide) rings is 1. The Labute approximate surface area is 170 Å². The van der Waals surface area contributed by atoms with Crippen molar-refractivity contribution in [1.29, 1.82) is 0 Å². The summed E-state index contributed by atoms with van der Waals surface area (Å²) in [5.74, 6) is -3.52. The summed E-state index contributed by atoms with van der Waals surface area (Å²) in [4.78, 5) is 49.6. The molecule has 2 heterocycles. The SMILES string of the molecule is CO[C@H]1C(=O)N2C(C(=O)O)=C(C(OC(C)=O)N(CCC(=O)O)C(C)=S)CS[C@H]12. The quantitative estimate of drug-likeness (QED) is 0.237. The fourth-order valence-corrected chi connectivity index (χ4v) is 4.59. The molecule has 0 aromatic rings. The van der Waals surface area contributed by atoms with Gasteiger partial charge in [-0.3, -0.25) is 19.3 Å². The number of hydrogen-bond donors (Lipinski definition) is 2. The number of aliphatic carboxylic acids is 2. The van der Waals surface area contributed by atoms with Gasteiger partial charge in [-0.15, -0.1) is 11.8 Å². The standard InChI is InChI=1S/C16H20N2O8S2/c1-7(27)17(5-4-10(20)21)14(26-8(2)19)9-6-28-15-12(25-3)13(22)18(15)11(9)16(23)24/h12,14-15H,4-6H2,1-3H3,(H,20,21)(H,23,24)/t12-,14?,15+/m0/s1. The second-order valence-corrected chi connectivity index (χ2v) is 7.76. The maximum atomic E-state index is 12.3. The Bertz CT molecular complexity index is 753. The first-order valence-electron chi connectivity index (χ1n) is 8.20. The van der Waals surface area contributed by atoms with Crippen molar-refractivity contribution in [3.05, 3.63) is 11.3 Å². The van der Waals surface area contributed by atoms with E-state index in [0.717, 1.165) is 11.8 Å². The van der Waals surface area contributed by atoms with Crippen molar-refractivity contribution in [3.63, 3.8) is 0 Å². The number of carboxylic acid groups (broad SMARTS) is 2. The van der Waals surface area contributed by atoms with Gasteiger partial charge < -0.3 is 24.6 Å². The van der Waals surface area contributed by atoms with E-state index in [1.165, 1.54) is 30.7 Å². The van der Waals surface area contributed by atoms with Gasteiger partial charge in [0.2, 0.25) is 6.23 Å². The van der Waals surface area contributed by atoms with Gasteiger partial charge in [-0.2, -0.15) is 0 Å². The van der Waals surface area contributed by atoms with Crippen LogP contribution < -0.4 is 0 Å². The molecule has 0 aliphatic carbocycles. The number of hydrogen-bond acceptors (Lipinski definition) is 8. The van der Waals surface area contributed by atoms with Gasteiger partial charge in [0.1, 0.15) is 11.1 Å². The highest BCUT2D eigenvalue weighted by atomic mass is 32.2. The van der Waals surface area contributed by atoms with E-state index >= 15 is 0 Å². The third-order valence-electron chi connectivity index (χ3n) is 4.24. The van der Waals surface area contributed by atoms with Crippen LogP contribution in [0.5, 0.6) is 0 Å². The number of esters is 1. The van der Waals surface area contributed by atoms with E-state index in [0.29, 0.717) is 0 Å². The zero-order valence-corrected chi connectivity index (χ0v) is 17.0. The maximum Gasteiger partial charge on any atom is 0.352 e. The normalized spacial score (nSPS) is 22.1. The largest absolute Gasteiger partial charge is 0.481 e. The van der Waals surface area contributed by atoms with Crippen LogP contribution in [0.1, 0.15) is 20.3 Å². The number of carbonyl (C=O) groups is 4. The molecule has 12 heteroatoms. The number of thioether (sulfide) groups is 1. The molecular formula is C16H20N2O8S2. The molecule has 1 fully saturated rings. The van der Waals surface area contributed by atoms with E-state index in [4.69, 9.17) is 26.8 Å². The molecule has 1 unspecified atom stereocenters. The minimum absolute atomic E-state index is 0.0955. The molecule has 0 bridgehead atoms. The first-order chi connectivity index (χ1) is 13.1. The second kappa shape index (κ2) is 8.88. The number of carboxylic acids is 2.